The maximum Gasteiger partial charge on any atom is 0.0205 e. The highest BCUT2D eigenvalue weighted by Crippen LogP contribution is 2.15. The standard InChI is InChI=1S/C19H26N2/c20-13-11-18(15-17-7-3-1-4-8-17)12-14-21-16-19-9-5-2-6-10-19/h1-10,18,21H,11-16,20H2. The normalized spacial score (nSPS) is 12.2. The lowest BCUT2D eigenvalue weighted by atomic mass is 9.93. The third kappa shape index (κ3) is 6.11. The van der Waals surface area contributed by atoms with Gasteiger partial charge < -0.3 is 11.1 Å². The number of hydrogen-bond acceptors (Lipinski definition) is 2. The Kier molecular flexibility index (Phi) is 6.99. The van der Waals surface area contributed by atoms with E-state index in [9.17, 15) is 0 Å². The largest absolute Gasteiger partial charge is 0.330 e. The van der Waals surface area contributed by atoms with Crippen LogP contribution >= 0.6 is 0 Å². The summed E-state index contributed by atoms with van der Waals surface area (Å²) in [5.74, 6) is 0.667. The van der Waals surface area contributed by atoms with E-state index in [-0.39, 0.29) is 0 Å². The third-order valence-electron chi connectivity index (χ3n) is 3.84. The Hall–Kier alpha value is -1.64. The van der Waals surface area contributed by atoms with Gasteiger partial charge in [-0.2, -0.15) is 0 Å². The van der Waals surface area contributed by atoms with Gasteiger partial charge in [-0.15, -0.1) is 0 Å². The van der Waals surface area contributed by atoms with E-state index in [4.69, 9.17) is 5.73 Å². The molecule has 0 amide bonds. The zero-order valence-corrected chi connectivity index (χ0v) is 12.7. The Balaban J connectivity index is 1.72. The van der Waals surface area contributed by atoms with Crippen LogP contribution in [0, 0.1) is 5.92 Å². The van der Waals surface area contributed by atoms with Crippen LogP contribution in [-0.4, -0.2) is 13.1 Å². The molecule has 0 heterocycles. The summed E-state index contributed by atoms with van der Waals surface area (Å²) in [7, 11) is 0. The van der Waals surface area contributed by atoms with Crippen molar-refractivity contribution in [1.82, 2.24) is 5.32 Å². The zero-order valence-electron chi connectivity index (χ0n) is 12.7. The van der Waals surface area contributed by atoms with Gasteiger partial charge in [-0.05, 0) is 49.4 Å². The van der Waals surface area contributed by atoms with Crippen molar-refractivity contribution in [3.63, 3.8) is 0 Å². The van der Waals surface area contributed by atoms with Gasteiger partial charge in [-0.1, -0.05) is 60.7 Å². The van der Waals surface area contributed by atoms with Crippen molar-refractivity contribution in [3.05, 3.63) is 71.8 Å². The second kappa shape index (κ2) is 9.32. The fourth-order valence-electron chi connectivity index (χ4n) is 2.67. The van der Waals surface area contributed by atoms with Crippen LogP contribution in [0.2, 0.25) is 0 Å². The van der Waals surface area contributed by atoms with E-state index >= 15 is 0 Å². The molecule has 1 unspecified atom stereocenters. The minimum absolute atomic E-state index is 0.667. The predicted molar refractivity (Wildman–Crippen MR) is 90.1 cm³/mol. The lowest BCUT2D eigenvalue weighted by Crippen LogP contribution is -2.20. The minimum atomic E-state index is 0.667. The van der Waals surface area contributed by atoms with Crippen LogP contribution in [0.25, 0.3) is 0 Å². The first-order chi connectivity index (χ1) is 10.4. The van der Waals surface area contributed by atoms with Crippen LogP contribution in [0.15, 0.2) is 60.7 Å². The molecule has 0 aliphatic rings. The minimum Gasteiger partial charge on any atom is -0.330 e. The van der Waals surface area contributed by atoms with Crippen LogP contribution in [-0.2, 0) is 13.0 Å². The van der Waals surface area contributed by atoms with Crippen LogP contribution < -0.4 is 11.1 Å². The van der Waals surface area contributed by atoms with E-state index in [0.717, 1.165) is 32.5 Å². The van der Waals surface area contributed by atoms with Gasteiger partial charge >= 0.3 is 0 Å². The lowest BCUT2D eigenvalue weighted by molar-refractivity contribution is 0.437. The van der Waals surface area contributed by atoms with Crippen molar-refractivity contribution in [2.75, 3.05) is 13.1 Å². The summed E-state index contributed by atoms with van der Waals surface area (Å²) in [5.41, 5.74) is 8.52. The third-order valence-corrected chi connectivity index (χ3v) is 3.84. The molecule has 1 atom stereocenters. The topological polar surface area (TPSA) is 38.0 Å². The van der Waals surface area contributed by atoms with Crippen LogP contribution in [0.5, 0.6) is 0 Å². The molecular formula is C19H26N2. The first-order valence-corrected chi connectivity index (χ1v) is 7.87. The Labute approximate surface area is 128 Å². The van der Waals surface area contributed by atoms with Gasteiger partial charge in [-0.3, -0.25) is 0 Å². The molecule has 0 saturated carbocycles. The SMILES string of the molecule is NCCC(CCNCc1ccccc1)Cc1ccccc1. The average Bonchev–Trinajstić information content (AvgIpc) is 2.54. The maximum absolute atomic E-state index is 5.76. The Morgan fingerprint density at radius 1 is 0.810 bits per heavy atom. The van der Waals surface area contributed by atoms with Gasteiger partial charge in [0.25, 0.3) is 0 Å². The first kappa shape index (κ1) is 15.7. The van der Waals surface area contributed by atoms with Gasteiger partial charge in [0.15, 0.2) is 0 Å². The van der Waals surface area contributed by atoms with Crippen molar-refractivity contribution in [2.24, 2.45) is 11.7 Å². The highest BCUT2D eigenvalue weighted by Gasteiger charge is 2.08. The predicted octanol–water partition coefficient (Wildman–Crippen LogP) is 3.37. The summed E-state index contributed by atoms with van der Waals surface area (Å²) in [6.45, 7) is 2.77. The van der Waals surface area contributed by atoms with Crippen molar-refractivity contribution in [1.29, 1.82) is 0 Å². The molecule has 0 fully saturated rings. The number of nitrogens with one attached hydrogen (secondary N) is 1. The first-order valence-electron chi connectivity index (χ1n) is 7.87. The van der Waals surface area contributed by atoms with Crippen LogP contribution in [0.3, 0.4) is 0 Å². The molecule has 112 valence electrons. The summed E-state index contributed by atoms with van der Waals surface area (Å²) in [4.78, 5) is 0. The van der Waals surface area contributed by atoms with Gasteiger partial charge in [0.2, 0.25) is 0 Å². The molecule has 3 N–H and O–H groups in total. The molecule has 2 rings (SSSR count). The highest BCUT2D eigenvalue weighted by atomic mass is 14.8. The second-order valence-electron chi connectivity index (χ2n) is 5.58. The van der Waals surface area contributed by atoms with Crippen molar-refractivity contribution >= 4 is 0 Å². The average molecular weight is 282 g/mol. The molecule has 2 aromatic rings. The van der Waals surface area contributed by atoms with E-state index in [0.29, 0.717) is 5.92 Å². The summed E-state index contributed by atoms with van der Waals surface area (Å²) >= 11 is 0. The summed E-state index contributed by atoms with van der Waals surface area (Å²) in [6.07, 6.45) is 3.41. The van der Waals surface area contributed by atoms with Crippen LogP contribution in [0.4, 0.5) is 0 Å². The smallest absolute Gasteiger partial charge is 0.0205 e. The van der Waals surface area contributed by atoms with Gasteiger partial charge in [0.05, 0.1) is 0 Å². The quantitative estimate of drug-likeness (QED) is 0.692. The highest BCUT2D eigenvalue weighted by molar-refractivity contribution is 5.15. The van der Waals surface area contributed by atoms with Crippen molar-refractivity contribution in [3.8, 4) is 0 Å². The van der Waals surface area contributed by atoms with E-state index in [2.05, 4.69) is 66.0 Å². The molecule has 0 radical (unpaired) electrons. The number of hydrogen-bond donors (Lipinski definition) is 2. The maximum atomic E-state index is 5.76. The summed E-state index contributed by atoms with van der Waals surface area (Å²) in [6, 6.07) is 21.3. The molecule has 0 bridgehead atoms. The second-order valence-corrected chi connectivity index (χ2v) is 5.58. The molecule has 0 aromatic heterocycles. The molecule has 2 aromatic carbocycles. The molecule has 21 heavy (non-hydrogen) atoms. The summed E-state index contributed by atoms with van der Waals surface area (Å²) < 4.78 is 0. The number of rotatable bonds is 9. The molecule has 2 nitrogen and oxygen atoms in total. The number of benzene rings is 2. The van der Waals surface area contributed by atoms with Crippen molar-refractivity contribution in [2.45, 2.75) is 25.8 Å². The molecule has 0 aliphatic carbocycles. The Morgan fingerprint density at radius 2 is 1.43 bits per heavy atom. The van der Waals surface area contributed by atoms with E-state index in [1.807, 2.05) is 0 Å². The fraction of sp³-hybridized carbons (Fsp3) is 0.368. The summed E-state index contributed by atoms with van der Waals surface area (Å²) in [5, 5.41) is 3.54. The fourth-order valence-corrected chi connectivity index (χ4v) is 2.67. The molecule has 2 heteroatoms. The lowest BCUT2D eigenvalue weighted by Gasteiger charge is -2.16. The molecule has 0 spiro atoms. The zero-order chi connectivity index (χ0) is 14.8. The Bertz CT molecular complexity index is 481. The van der Waals surface area contributed by atoms with Gasteiger partial charge in [-0.25, -0.2) is 0 Å². The Morgan fingerprint density at radius 3 is 2.05 bits per heavy atom. The monoisotopic (exact) mass is 282 g/mol. The number of nitrogens with two attached hydrogens (primary N) is 1. The van der Waals surface area contributed by atoms with Crippen LogP contribution in [0.1, 0.15) is 24.0 Å². The van der Waals surface area contributed by atoms with Gasteiger partial charge in [0.1, 0.15) is 0 Å². The van der Waals surface area contributed by atoms with Crippen molar-refractivity contribution < 1.29 is 0 Å². The van der Waals surface area contributed by atoms with E-state index < -0.39 is 0 Å². The molecular weight excluding hydrogens is 256 g/mol. The molecule has 0 saturated heterocycles. The van der Waals surface area contributed by atoms with Gasteiger partial charge in [0, 0.05) is 6.54 Å². The molecule has 0 aliphatic heterocycles. The van der Waals surface area contributed by atoms with E-state index in [1.54, 1.807) is 0 Å². The van der Waals surface area contributed by atoms with E-state index in [1.165, 1.54) is 17.5 Å².